The summed E-state index contributed by atoms with van der Waals surface area (Å²) >= 11 is 0. The molecule has 9 nitrogen and oxygen atoms in total. The van der Waals surface area contributed by atoms with Crippen LogP contribution in [0.15, 0.2) is 35.5 Å². The summed E-state index contributed by atoms with van der Waals surface area (Å²) in [6.45, 7) is 0.799. The number of nitrogens with one attached hydrogen (secondary N) is 2. The Balaban J connectivity index is 1.37. The van der Waals surface area contributed by atoms with Crippen molar-refractivity contribution in [2.24, 2.45) is 4.99 Å². The highest BCUT2D eigenvalue weighted by Gasteiger charge is 2.41. The fraction of sp³-hybridized carbons (Fsp3) is 0.421. The molecule has 0 amide bonds. The second kappa shape index (κ2) is 7.98. The molecule has 4 rings (SSSR count). The molecule has 0 bridgehead atoms. The number of pyridine rings is 1. The van der Waals surface area contributed by atoms with Gasteiger partial charge in [0, 0.05) is 18.2 Å². The number of nitrogens with zero attached hydrogens (tertiary/aromatic N) is 4. The fourth-order valence-corrected chi connectivity index (χ4v) is 3.49. The lowest BCUT2D eigenvalue weighted by Gasteiger charge is -2.41. The van der Waals surface area contributed by atoms with Crippen LogP contribution in [-0.4, -0.2) is 53.6 Å². The highest BCUT2D eigenvalue weighted by Crippen LogP contribution is 2.43. The van der Waals surface area contributed by atoms with Crippen molar-refractivity contribution >= 4 is 17.8 Å². The van der Waals surface area contributed by atoms with Gasteiger partial charge < -0.3 is 20.1 Å². The molecule has 1 atom stereocenters. The monoisotopic (exact) mass is 400 g/mol. The van der Waals surface area contributed by atoms with Gasteiger partial charge in [-0.1, -0.05) is 6.42 Å². The second-order valence-electron chi connectivity index (χ2n) is 7.02. The standard InChI is InChI=1S/C19H21FN6O3/c1-28-18(27)29-15-10-22-17(24-15)13-5-6-14(26-25-13)23-11-19(7-3-8-19)16-12(20)4-2-9-21-16/h2,4-6,9,15H,3,7-8,10-11H2,1H3,(H,22,24)(H,23,26). The topological polar surface area (TPSA) is 111 Å². The normalized spacial score (nSPS) is 19.5. The number of hydrogen-bond acceptors (Lipinski definition) is 9. The van der Waals surface area contributed by atoms with Crippen LogP contribution in [0.5, 0.6) is 0 Å². The third kappa shape index (κ3) is 3.96. The molecule has 152 valence electrons. The van der Waals surface area contributed by atoms with E-state index >= 15 is 0 Å². The smallest absolute Gasteiger partial charge is 0.438 e. The lowest BCUT2D eigenvalue weighted by Crippen LogP contribution is -2.42. The van der Waals surface area contributed by atoms with E-state index in [9.17, 15) is 9.18 Å². The molecule has 1 unspecified atom stereocenters. The van der Waals surface area contributed by atoms with Crippen molar-refractivity contribution in [2.45, 2.75) is 30.9 Å². The summed E-state index contributed by atoms with van der Waals surface area (Å²) in [6.07, 6.45) is 3.05. The summed E-state index contributed by atoms with van der Waals surface area (Å²) in [4.78, 5) is 19.7. The number of halogens is 1. The van der Waals surface area contributed by atoms with Gasteiger partial charge in [-0.05, 0) is 37.1 Å². The van der Waals surface area contributed by atoms with Crippen molar-refractivity contribution in [3.63, 3.8) is 0 Å². The zero-order valence-corrected chi connectivity index (χ0v) is 15.9. The van der Waals surface area contributed by atoms with Crippen LogP contribution in [0.4, 0.5) is 15.0 Å². The van der Waals surface area contributed by atoms with E-state index in [0.29, 0.717) is 29.6 Å². The van der Waals surface area contributed by atoms with E-state index in [0.717, 1.165) is 19.3 Å². The molecule has 2 aromatic heterocycles. The number of ether oxygens (including phenoxy) is 2. The highest BCUT2D eigenvalue weighted by atomic mass is 19.1. The number of amidine groups is 1. The average Bonchev–Trinajstić information content (AvgIpc) is 3.17. The summed E-state index contributed by atoms with van der Waals surface area (Å²) in [5, 5.41) is 14.5. The van der Waals surface area contributed by atoms with E-state index < -0.39 is 12.4 Å². The molecule has 1 saturated carbocycles. The molecule has 10 heteroatoms. The molecule has 0 aromatic carbocycles. The molecule has 1 aliphatic heterocycles. The molecule has 29 heavy (non-hydrogen) atoms. The van der Waals surface area contributed by atoms with E-state index in [2.05, 4.69) is 35.5 Å². The van der Waals surface area contributed by atoms with Crippen LogP contribution in [0.25, 0.3) is 0 Å². The first-order chi connectivity index (χ1) is 14.1. The molecule has 1 aliphatic carbocycles. The number of carbonyl (C=O) groups is 1. The number of hydrogen-bond donors (Lipinski definition) is 2. The first kappa shape index (κ1) is 19.0. The van der Waals surface area contributed by atoms with Crippen LogP contribution in [0.2, 0.25) is 0 Å². The molecule has 2 aromatic rings. The van der Waals surface area contributed by atoms with E-state index in [1.54, 1.807) is 24.4 Å². The summed E-state index contributed by atoms with van der Waals surface area (Å²) in [5.41, 5.74) is 0.714. The maximum absolute atomic E-state index is 14.2. The number of aromatic nitrogens is 3. The fourth-order valence-electron chi connectivity index (χ4n) is 3.49. The third-order valence-electron chi connectivity index (χ3n) is 5.20. The minimum Gasteiger partial charge on any atom is -0.438 e. The van der Waals surface area contributed by atoms with Crippen LogP contribution >= 0.6 is 0 Å². The summed E-state index contributed by atoms with van der Waals surface area (Å²) < 4.78 is 23.7. The van der Waals surface area contributed by atoms with Crippen molar-refractivity contribution in [2.75, 3.05) is 25.5 Å². The van der Waals surface area contributed by atoms with Crippen LogP contribution in [-0.2, 0) is 14.9 Å². The minimum atomic E-state index is -0.779. The Bertz CT molecular complexity index is 916. The van der Waals surface area contributed by atoms with Gasteiger partial charge in [-0.2, -0.15) is 0 Å². The Morgan fingerprint density at radius 1 is 1.34 bits per heavy atom. The van der Waals surface area contributed by atoms with Crippen LogP contribution < -0.4 is 10.6 Å². The summed E-state index contributed by atoms with van der Waals surface area (Å²) in [6, 6.07) is 6.59. The SMILES string of the molecule is COC(=O)OC1CN=C(c2ccc(NCC3(c4ncccc4F)CCC3)nn2)N1. The van der Waals surface area contributed by atoms with Gasteiger partial charge in [0.25, 0.3) is 0 Å². The summed E-state index contributed by atoms with van der Waals surface area (Å²) in [5.74, 6) is 0.797. The van der Waals surface area contributed by atoms with Gasteiger partial charge in [-0.3, -0.25) is 9.98 Å². The molecule has 2 aliphatic rings. The van der Waals surface area contributed by atoms with E-state index in [4.69, 9.17) is 4.74 Å². The predicted molar refractivity (Wildman–Crippen MR) is 102 cm³/mol. The Morgan fingerprint density at radius 3 is 2.86 bits per heavy atom. The van der Waals surface area contributed by atoms with Gasteiger partial charge in [-0.15, -0.1) is 10.2 Å². The van der Waals surface area contributed by atoms with Gasteiger partial charge >= 0.3 is 6.16 Å². The molecule has 2 N–H and O–H groups in total. The molecule has 3 heterocycles. The lowest BCUT2D eigenvalue weighted by atomic mass is 9.66. The van der Waals surface area contributed by atoms with Crippen LogP contribution in [0.3, 0.4) is 0 Å². The zero-order valence-electron chi connectivity index (χ0n) is 15.9. The predicted octanol–water partition coefficient (Wildman–Crippen LogP) is 2.00. The number of aliphatic imine (C=N–C) groups is 1. The third-order valence-corrected chi connectivity index (χ3v) is 5.20. The summed E-state index contributed by atoms with van der Waals surface area (Å²) in [7, 11) is 1.24. The molecule has 0 spiro atoms. The van der Waals surface area contributed by atoms with Gasteiger partial charge in [0.15, 0.2) is 12.1 Å². The van der Waals surface area contributed by atoms with Gasteiger partial charge in [0.05, 0.1) is 19.3 Å². The highest BCUT2D eigenvalue weighted by molar-refractivity contribution is 5.98. The molecule has 1 fully saturated rings. The maximum Gasteiger partial charge on any atom is 0.509 e. The molecule has 0 radical (unpaired) electrons. The number of anilines is 1. The van der Waals surface area contributed by atoms with Gasteiger partial charge in [0.2, 0.25) is 0 Å². The average molecular weight is 400 g/mol. The van der Waals surface area contributed by atoms with E-state index in [1.165, 1.54) is 13.2 Å². The van der Waals surface area contributed by atoms with Crippen molar-refractivity contribution in [3.8, 4) is 0 Å². The number of methoxy groups -OCH3 is 1. The van der Waals surface area contributed by atoms with E-state index in [-0.39, 0.29) is 17.8 Å². The Labute approximate surface area is 166 Å². The lowest BCUT2D eigenvalue weighted by molar-refractivity contribution is 0.0382. The van der Waals surface area contributed by atoms with Crippen molar-refractivity contribution in [1.29, 1.82) is 0 Å². The first-order valence-electron chi connectivity index (χ1n) is 9.34. The van der Waals surface area contributed by atoms with Gasteiger partial charge in [-0.25, -0.2) is 9.18 Å². The maximum atomic E-state index is 14.2. The molecule has 0 saturated heterocycles. The van der Waals surface area contributed by atoms with Gasteiger partial charge in [0.1, 0.15) is 17.3 Å². The van der Waals surface area contributed by atoms with Crippen molar-refractivity contribution < 1.29 is 18.7 Å². The molecular weight excluding hydrogens is 379 g/mol. The number of carbonyl (C=O) groups excluding carboxylic acids is 1. The Hall–Kier alpha value is -3.30. The molecular formula is C19H21FN6O3. The second-order valence-corrected chi connectivity index (χ2v) is 7.02. The van der Waals surface area contributed by atoms with Crippen LogP contribution in [0, 0.1) is 5.82 Å². The Kier molecular flexibility index (Phi) is 5.24. The first-order valence-corrected chi connectivity index (χ1v) is 9.34. The quantitative estimate of drug-likeness (QED) is 0.709. The number of rotatable bonds is 6. The largest absolute Gasteiger partial charge is 0.509 e. The Morgan fingerprint density at radius 2 is 2.21 bits per heavy atom. The van der Waals surface area contributed by atoms with Crippen molar-refractivity contribution in [1.82, 2.24) is 20.5 Å². The minimum absolute atomic E-state index is 0.268. The zero-order chi connectivity index (χ0) is 20.3. The van der Waals surface area contributed by atoms with Crippen molar-refractivity contribution in [3.05, 3.63) is 47.7 Å². The van der Waals surface area contributed by atoms with E-state index in [1.807, 2.05) is 0 Å². The van der Waals surface area contributed by atoms with Crippen LogP contribution in [0.1, 0.15) is 30.7 Å².